The van der Waals surface area contributed by atoms with Crippen LogP contribution in [0.15, 0.2) is 5.10 Å². The number of nitrogens with one attached hydrogen (secondary N) is 2. The van der Waals surface area contributed by atoms with Gasteiger partial charge in [-0.05, 0) is 12.3 Å². The van der Waals surface area contributed by atoms with Crippen molar-refractivity contribution >= 4 is 11.6 Å². The Balaban J connectivity index is 2.06. The molecule has 2 rings (SSSR count). The molecule has 1 saturated heterocycles. The molecule has 2 N–H and O–H groups in total. The molecular weight excluding hydrogens is 166 g/mol. The molecule has 0 aromatic rings. The highest BCUT2D eigenvalue weighted by molar-refractivity contribution is 6.11. The van der Waals surface area contributed by atoms with Crippen molar-refractivity contribution < 1.29 is 4.79 Å². The molecule has 0 aromatic heterocycles. The Morgan fingerprint density at radius 2 is 2.38 bits per heavy atom. The second-order valence-corrected chi connectivity index (χ2v) is 4.16. The minimum atomic E-state index is 0.00347. The largest absolute Gasteiger partial charge is 0.308 e. The molecule has 4 heteroatoms. The van der Waals surface area contributed by atoms with Crippen LogP contribution in [0, 0.1) is 11.8 Å². The maximum Gasteiger partial charge on any atom is 0.250 e. The summed E-state index contributed by atoms with van der Waals surface area (Å²) in [6.07, 6.45) is 1.06. The first kappa shape index (κ1) is 8.69. The highest BCUT2D eigenvalue weighted by atomic mass is 16.2. The molecule has 72 valence electrons. The van der Waals surface area contributed by atoms with Crippen molar-refractivity contribution in [3.8, 4) is 0 Å². The zero-order valence-corrected chi connectivity index (χ0v) is 8.00. The topological polar surface area (TPSA) is 53.5 Å². The van der Waals surface area contributed by atoms with Crippen molar-refractivity contribution in [3.05, 3.63) is 0 Å². The Bertz CT molecular complexity index is 260. The zero-order valence-electron chi connectivity index (χ0n) is 8.00. The maximum atomic E-state index is 11.2. The fourth-order valence-corrected chi connectivity index (χ4v) is 1.97. The fourth-order valence-electron chi connectivity index (χ4n) is 1.97. The number of fused-ring (bicyclic) bond motifs is 1. The van der Waals surface area contributed by atoms with E-state index in [-0.39, 0.29) is 11.8 Å². The monoisotopic (exact) mass is 181 g/mol. The summed E-state index contributed by atoms with van der Waals surface area (Å²) < 4.78 is 0. The van der Waals surface area contributed by atoms with E-state index in [1.165, 1.54) is 0 Å². The molecule has 0 radical (unpaired) electrons. The van der Waals surface area contributed by atoms with E-state index in [9.17, 15) is 4.79 Å². The van der Waals surface area contributed by atoms with Crippen LogP contribution in [0.4, 0.5) is 0 Å². The zero-order chi connectivity index (χ0) is 9.42. The van der Waals surface area contributed by atoms with Gasteiger partial charge in [-0.25, -0.2) is 5.43 Å². The Morgan fingerprint density at radius 1 is 1.62 bits per heavy atom. The quantitative estimate of drug-likeness (QED) is 0.635. The second kappa shape index (κ2) is 3.10. The summed E-state index contributed by atoms with van der Waals surface area (Å²) in [5, 5.41) is 7.40. The summed E-state index contributed by atoms with van der Waals surface area (Å²) in [7, 11) is 0. The molecule has 13 heavy (non-hydrogen) atoms. The first-order chi connectivity index (χ1) is 6.18. The van der Waals surface area contributed by atoms with E-state index in [0.29, 0.717) is 12.0 Å². The highest BCUT2D eigenvalue weighted by Crippen LogP contribution is 2.20. The Morgan fingerprint density at radius 3 is 3.08 bits per heavy atom. The Labute approximate surface area is 77.8 Å². The molecule has 0 aliphatic carbocycles. The molecule has 1 fully saturated rings. The molecule has 2 aliphatic heterocycles. The molecule has 2 heterocycles. The van der Waals surface area contributed by atoms with Crippen molar-refractivity contribution in [2.75, 3.05) is 6.54 Å². The van der Waals surface area contributed by atoms with Crippen LogP contribution >= 0.6 is 0 Å². The first-order valence-corrected chi connectivity index (χ1v) is 4.79. The minimum absolute atomic E-state index is 0.00347. The van der Waals surface area contributed by atoms with E-state index in [1.54, 1.807) is 0 Å². The van der Waals surface area contributed by atoms with E-state index >= 15 is 0 Å². The van der Waals surface area contributed by atoms with Crippen LogP contribution in [0.2, 0.25) is 0 Å². The smallest absolute Gasteiger partial charge is 0.250 e. The number of hydrogen-bond donors (Lipinski definition) is 2. The van der Waals surface area contributed by atoms with Gasteiger partial charge in [-0.1, -0.05) is 13.8 Å². The van der Waals surface area contributed by atoms with E-state index in [4.69, 9.17) is 0 Å². The van der Waals surface area contributed by atoms with Crippen LogP contribution in [0.25, 0.3) is 0 Å². The SMILES string of the molecule is CC(C)CC1NCC2C(=O)NN=C12. The fraction of sp³-hybridized carbons (Fsp3) is 0.778. The summed E-state index contributed by atoms with van der Waals surface area (Å²) in [6.45, 7) is 5.11. The standard InChI is InChI=1S/C9H15N3O/c1-5(2)3-7-8-6(4-10-7)9(13)12-11-8/h5-7,10H,3-4H2,1-2H3,(H,12,13). The van der Waals surface area contributed by atoms with E-state index < -0.39 is 0 Å². The van der Waals surface area contributed by atoms with Crippen LogP contribution in [-0.4, -0.2) is 24.2 Å². The summed E-state index contributed by atoms with van der Waals surface area (Å²) >= 11 is 0. The van der Waals surface area contributed by atoms with Crippen molar-refractivity contribution in [1.82, 2.24) is 10.7 Å². The lowest BCUT2D eigenvalue weighted by Gasteiger charge is -2.12. The van der Waals surface area contributed by atoms with E-state index in [1.807, 2.05) is 0 Å². The molecule has 0 spiro atoms. The Hall–Kier alpha value is -0.900. The van der Waals surface area contributed by atoms with Gasteiger partial charge in [-0.15, -0.1) is 0 Å². The number of amides is 1. The number of carbonyl (C=O) groups excluding carboxylic acids is 1. The maximum absolute atomic E-state index is 11.2. The highest BCUT2D eigenvalue weighted by Gasteiger charge is 2.40. The third-order valence-electron chi connectivity index (χ3n) is 2.60. The van der Waals surface area contributed by atoms with Crippen molar-refractivity contribution in [3.63, 3.8) is 0 Å². The number of rotatable bonds is 2. The summed E-state index contributed by atoms with van der Waals surface area (Å²) in [5.41, 5.74) is 3.55. The molecule has 1 amide bonds. The third-order valence-corrected chi connectivity index (χ3v) is 2.60. The van der Waals surface area contributed by atoms with Crippen LogP contribution in [-0.2, 0) is 4.79 Å². The van der Waals surface area contributed by atoms with Crippen molar-refractivity contribution in [2.45, 2.75) is 26.3 Å². The van der Waals surface area contributed by atoms with Crippen LogP contribution in [0.3, 0.4) is 0 Å². The van der Waals surface area contributed by atoms with E-state index in [2.05, 4.69) is 29.7 Å². The molecule has 4 nitrogen and oxygen atoms in total. The normalized spacial score (nSPS) is 31.9. The summed E-state index contributed by atoms with van der Waals surface area (Å²) in [6, 6.07) is 0.309. The lowest BCUT2D eigenvalue weighted by molar-refractivity contribution is -0.121. The van der Waals surface area contributed by atoms with Gasteiger partial charge in [0.2, 0.25) is 5.91 Å². The van der Waals surface area contributed by atoms with Crippen molar-refractivity contribution in [1.29, 1.82) is 0 Å². The van der Waals surface area contributed by atoms with Gasteiger partial charge < -0.3 is 5.32 Å². The predicted molar refractivity (Wildman–Crippen MR) is 50.3 cm³/mol. The Kier molecular flexibility index (Phi) is 2.07. The van der Waals surface area contributed by atoms with Crippen LogP contribution in [0.5, 0.6) is 0 Å². The number of hydrazone groups is 1. The molecule has 0 bridgehead atoms. The molecule has 2 unspecified atom stereocenters. The van der Waals surface area contributed by atoms with Gasteiger partial charge >= 0.3 is 0 Å². The average molecular weight is 181 g/mol. The second-order valence-electron chi connectivity index (χ2n) is 4.16. The molecular formula is C9H15N3O. The lowest BCUT2D eigenvalue weighted by Crippen LogP contribution is -2.29. The van der Waals surface area contributed by atoms with Crippen molar-refractivity contribution in [2.24, 2.45) is 16.9 Å². The number of carbonyl (C=O) groups is 1. The van der Waals surface area contributed by atoms with Gasteiger partial charge in [0.1, 0.15) is 0 Å². The van der Waals surface area contributed by atoms with Gasteiger partial charge in [-0.2, -0.15) is 5.10 Å². The molecule has 2 atom stereocenters. The van der Waals surface area contributed by atoms with Crippen LogP contribution < -0.4 is 10.7 Å². The van der Waals surface area contributed by atoms with Gasteiger partial charge in [0.25, 0.3) is 0 Å². The molecule has 0 aromatic carbocycles. The minimum Gasteiger partial charge on any atom is -0.308 e. The van der Waals surface area contributed by atoms with Gasteiger partial charge in [0.05, 0.1) is 11.6 Å². The number of nitrogens with zero attached hydrogens (tertiary/aromatic N) is 1. The molecule has 0 saturated carbocycles. The first-order valence-electron chi connectivity index (χ1n) is 4.79. The predicted octanol–water partition coefficient (Wildman–Crippen LogP) is 0.106. The summed E-state index contributed by atoms with van der Waals surface area (Å²) in [5.74, 6) is 0.687. The molecule has 2 aliphatic rings. The van der Waals surface area contributed by atoms with Gasteiger partial charge in [-0.3, -0.25) is 4.79 Å². The van der Waals surface area contributed by atoms with Gasteiger partial charge in [0, 0.05) is 12.6 Å². The van der Waals surface area contributed by atoms with E-state index in [0.717, 1.165) is 18.7 Å². The average Bonchev–Trinajstić information content (AvgIpc) is 2.56. The lowest BCUT2D eigenvalue weighted by atomic mass is 9.97. The number of hydrogen-bond acceptors (Lipinski definition) is 3. The third kappa shape index (κ3) is 1.46. The van der Waals surface area contributed by atoms with Crippen LogP contribution in [0.1, 0.15) is 20.3 Å². The van der Waals surface area contributed by atoms with Gasteiger partial charge in [0.15, 0.2) is 0 Å². The summed E-state index contributed by atoms with van der Waals surface area (Å²) in [4.78, 5) is 11.2.